The fourth-order valence-electron chi connectivity index (χ4n) is 5.47. The molecule has 2 amide bonds. The van der Waals surface area contributed by atoms with Gasteiger partial charge in [0, 0.05) is 16.5 Å². The monoisotopic (exact) mass is 724 g/mol. The summed E-state index contributed by atoms with van der Waals surface area (Å²) in [6.45, 7) is 3.95. The summed E-state index contributed by atoms with van der Waals surface area (Å²) >= 11 is 5.98. The molecule has 7 rings (SSSR count). The average Bonchev–Trinajstić information content (AvgIpc) is 3.85. The topological polar surface area (TPSA) is 164 Å². The first kappa shape index (κ1) is 34.3. The van der Waals surface area contributed by atoms with E-state index in [0.29, 0.717) is 34.5 Å². The number of amides is 2. The van der Waals surface area contributed by atoms with E-state index in [0.717, 1.165) is 10.9 Å². The number of oxazole rings is 2. The Labute approximate surface area is 302 Å². The summed E-state index contributed by atoms with van der Waals surface area (Å²) in [6.07, 6.45) is 3.75. The van der Waals surface area contributed by atoms with E-state index in [9.17, 15) is 9.59 Å². The van der Waals surface area contributed by atoms with Crippen LogP contribution in [0.2, 0.25) is 5.02 Å². The molecule has 5 heterocycles. The van der Waals surface area contributed by atoms with E-state index in [2.05, 4.69) is 25.3 Å². The van der Waals surface area contributed by atoms with E-state index in [4.69, 9.17) is 39.4 Å². The molecule has 1 aliphatic heterocycles. The van der Waals surface area contributed by atoms with Gasteiger partial charge in [-0.1, -0.05) is 41.9 Å². The lowest BCUT2D eigenvalue weighted by Gasteiger charge is -2.45. The number of fused-ring (bicyclic) bond motifs is 1. The van der Waals surface area contributed by atoms with Crippen molar-refractivity contribution in [1.82, 2.24) is 30.2 Å². The van der Waals surface area contributed by atoms with Gasteiger partial charge in [-0.25, -0.2) is 19.9 Å². The largest absolute Gasteiger partial charge is 0.482 e. The van der Waals surface area contributed by atoms with Crippen molar-refractivity contribution >= 4 is 34.3 Å². The highest BCUT2D eigenvalue weighted by Crippen LogP contribution is 2.34. The van der Waals surface area contributed by atoms with Crippen LogP contribution >= 0.6 is 11.6 Å². The Bertz CT molecular complexity index is 2190. The molecule has 0 unspecified atom stereocenters. The normalized spacial score (nSPS) is 15.8. The standard InChI is InChI=1S/C37H33ClN6O8/c1-21(23-8-10-25(38)11-9-23)40-35(45)28-17-49-34(41-28)20-51-36-30(14-24-6-4-5-7-27(24)43-36)52-31-16-44(22(31)2)37(46)29-18-50-33(42-29)19-48-26-12-13-32(47-3)39-15-26/h4-15,17-18,21-22,31H,16,19-20H2,1-3H3,(H,40,45)/t21-,22+,31+/m1/s1. The van der Waals surface area contributed by atoms with Crippen molar-refractivity contribution in [2.75, 3.05) is 13.7 Å². The van der Waals surface area contributed by atoms with Crippen LogP contribution in [0.25, 0.3) is 10.9 Å². The average molecular weight is 725 g/mol. The van der Waals surface area contributed by atoms with Gasteiger partial charge in [-0.05, 0) is 49.7 Å². The number of hydrogen-bond donors (Lipinski definition) is 1. The number of nitrogens with one attached hydrogen (secondary N) is 1. The van der Waals surface area contributed by atoms with Gasteiger partial charge in [0.05, 0.1) is 37.5 Å². The number of hydrogen-bond acceptors (Lipinski definition) is 12. The molecule has 0 radical (unpaired) electrons. The lowest BCUT2D eigenvalue weighted by Crippen LogP contribution is -2.63. The number of nitrogens with zero attached hydrogens (tertiary/aromatic N) is 5. The number of methoxy groups -OCH3 is 1. The Morgan fingerprint density at radius 2 is 1.69 bits per heavy atom. The molecule has 0 saturated carbocycles. The molecule has 0 aliphatic carbocycles. The summed E-state index contributed by atoms with van der Waals surface area (Å²) in [5, 5.41) is 4.36. The fraction of sp³-hybridized carbons (Fsp3) is 0.243. The van der Waals surface area contributed by atoms with Gasteiger partial charge in [0.25, 0.3) is 17.7 Å². The molecule has 4 aromatic heterocycles. The molecular weight excluding hydrogens is 692 g/mol. The molecule has 3 atom stereocenters. The lowest BCUT2D eigenvalue weighted by atomic mass is 10.0. The maximum Gasteiger partial charge on any atom is 0.276 e. The minimum absolute atomic E-state index is 0.0197. The number of carbonyl (C=O) groups excluding carboxylic acids is 2. The van der Waals surface area contributed by atoms with Crippen molar-refractivity contribution in [3.8, 4) is 23.3 Å². The molecule has 15 heteroatoms. The van der Waals surface area contributed by atoms with Crippen molar-refractivity contribution in [3.05, 3.63) is 119 Å². The number of rotatable bonds is 13. The quantitative estimate of drug-likeness (QED) is 0.143. The molecule has 1 saturated heterocycles. The Hall–Kier alpha value is -6.15. The summed E-state index contributed by atoms with van der Waals surface area (Å²) in [7, 11) is 1.53. The van der Waals surface area contributed by atoms with Gasteiger partial charge in [0.1, 0.15) is 24.4 Å². The number of ether oxygens (including phenoxy) is 4. The molecule has 0 spiro atoms. The van der Waals surface area contributed by atoms with E-state index in [1.807, 2.05) is 56.3 Å². The van der Waals surface area contributed by atoms with Gasteiger partial charge in [0.15, 0.2) is 30.4 Å². The van der Waals surface area contributed by atoms with Crippen LogP contribution in [0.3, 0.4) is 0 Å². The highest BCUT2D eigenvalue weighted by molar-refractivity contribution is 6.30. The van der Waals surface area contributed by atoms with Gasteiger partial charge in [-0.15, -0.1) is 0 Å². The first-order valence-corrected chi connectivity index (χ1v) is 16.7. The molecule has 2 aromatic carbocycles. The van der Waals surface area contributed by atoms with Gasteiger partial charge in [-0.3, -0.25) is 9.59 Å². The second kappa shape index (κ2) is 15.0. The summed E-state index contributed by atoms with van der Waals surface area (Å²) in [6, 6.07) is 19.4. The fourth-order valence-corrected chi connectivity index (χ4v) is 5.59. The number of para-hydroxylation sites is 1. The third-order valence-corrected chi connectivity index (χ3v) is 8.74. The van der Waals surface area contributed by atoms with Crippen molar-refractivity contribution in [2.24, 2.45) is 0 Å². The van der Waals surface area contributed by atoms with Crippen LogP contribution in [0.5, 0.6) is 23.3 Å². The minimum atomic E-state index is -0.398. The third-order valence-electron chi connectivity index (χ3n) is 8.49. The van der Waals surface area contributed by atoms with Crippen LogP contribution in [-0.2, 0) is 13.2 Å². The van der Waals surface area contributed by atoms with Crippen LogP contribution < -0.4 is 24.3 Å². The molecular formula is C37H33ClN6O8. The van der Waals surface area contributed by atoms with Crippen LogP contribution in [-0.4, -0.2) is 62.5 Å². The van der Waals surface area contributed by atoms with E-state index in [-0.39, 0.29) is 66.4 Å². The van der Waals surface area contributed by atoms with Crippen LogP contribution in [0.1, 0.15) is 58.2 Å². The van der Waals surface area contributed by atoms with Crippen molar-refractivity contribution in [2.45, 2.75) is 45.2 Å². The summed E-state index contributed by atoms with van der Waals surface area (Å²) in [5.74, 6) is 1.29. The van der Waals surface area contributed by atoms with E-state index >= 15 is 0 Å². The molecule has 266 valence electrons. The Morgan fingerprint density at radius 3 is 2.42 bits per heavy atom. The SMILES string of the molecule is COc1ccc(OCc2nc(C(=O)N3C[C@H](Oc4cc5ccccc5nc4OCc4nc(C(=O)N[C@H](C)c5ccc(Cl)cc5)co4)[C@@H]3C)co2)cn1. The lowest BCUT2D eigenvalue weighted by molar-refractivity contribution is -0.0236. The van der Waals surface area contributed by atoms with Crippen LogP contribution in [0.4, 0.5) is 0 Å². The number of carbonyl (C=O) groups is 2. The second-order valence-electron chi connectivity index (χ2n) is 12.0. The van der Waals surface area contributed by atoms with Gasteiger partial charge in [-0.2, -0.15) is 0 Å². The number of halogens is 1. The zero-order chi connectivity index (χ0) is 36.2. The van der Waals surface area contributed by atoms with E-state index in [1.54, 1.807) is 29.2 Å². The van der Waals surface area contributed by atoms with Gasteiger partial charge in [0.2, 0.25) is 17.7 Å². The molecule has 6 aromatic rings. The minimum Gasteiger partial charge on any atom is -0.482 e. The van der Waals surface area contributed by atoms with Crippen molar-refractivity contribution < 1.29 is 37.4 Å². The van der Waals surface area contributed by atoms with E-state index in [1.165, 1.54) is 25.8 Å². The van der Waals surface area contributed by atoms with Crippen molar-refractivity contribution in [3.63, 3.8) is 0 Å². The summed E-state index contributed by atoms with van der Waals surface area (Å²) < 4.78 is 34.1. The highest BCUT2D eigenvalue weighted by atomic mass is 35.5. The van der Waals surface area contributed by atoms with Gasteiger partial charge >= 0.3 is 0 Å². The first-order valence-electron chi connectivity index (χ1n) is 16.3. The zero-order valence-corrected chi connectivity index (χ0v) is 29.1. The van der Waals surface area contributed by atoms with Crippen LogP contribution in [0.15, 0.2) is 94.3 Å². The molecule has 1 aliphatic rings. The zero-order valence-electron chi connectivity index (χ0n) is 28.3. The Morgan fingerprint density at radius 1 is 0.962 bits per heavy atom. The molecule has 0 bridgehead atoms. The predicted octanol–water partition coefficient (Wildman–Crippen LogP) is 6.21. The number of aromatic nitrogens is 4. The number of likely N-dealkylation sites (tertiary alicyclic amines) is 1. The van der Waals surface area contributed by atoms with Crippen LogP contribution in [0, 0.1) is 0 Å². The highest BCUT2D eigenvalue weighted by Gasteiger charge is 2.42. The maximum absolute atomic E-state index is 13.3. The first-order chi connectivity index (χ1) is 25.2. The predicted molar refractivity (Wildman–Crippen MR) is 186 cm³/mol. The summed E-state index contributed by atoms with van der Waals surface area (Å²) in [5.41, 5.74) is 1.86. The summed E-state index contributed by atoms with van der Waals surface area (Å²) in [4.78, 5) is 45.2. The Balaban J connectivity index is 0.967. The molecule has 14 nitrogen and oxygen atoms in total. The number of pyridine rings is 2. The van der Waals surface area contributed by atoms with E-state index < -0.39 is 5.91 Å². The second-order valence-corrected chi connectivity index (χ2v) is 12.4. The van der Waals surface area contributed by atoms with Crippen molar-refractivity contribution in [1.29, 1.82) is 0 Å². The molecule has 1 N–H and O–H groups in total. The maximum atomic E-state index is 13.3. The molecule has 1 fully saturated rings. The smallest absolute Gasteiger partial charge is 0.276 e. The third kappa shape index (κ3) is 7.61. The van der Waals surface area contributed by atoms with Gasteiger partial charge < -0.3 is 38.0 Å². The molecule has 52 heavy (non-hydrogen) atoms. The number of benzene rings is 2. The Kier molecular flexibility index (Phi) is 9.89.